The monoisotopic (exact) mass is 534 g/mol. The highest BCUT2D eigenvalue weighted by Gasteiger charge is 2.40. The van der Waals surface area contributed by atoms with Crippen LogP contribution in [0.2, 0.25) is 0 Å². The van der Waals surface area contributed by atoms with E-state index in [9.17, 15) is 14.7 Å². The fourth-order valence-corrected chi connectivity index (χ4v) is 7.06. The van der Waals surface area contributed by atoms with E-state index in [4.69, 9.17) is 4.98 Å². The normalized spacial score (nSPS) is 19.9. The molecule has 202 valence electrons. The first-order valence-electron chi connectivity index (χ1n) is 14.1. The SMILES string of the molecule is C[C@H](CCCO)C(=O)N[C@H](C(=O)N1CCC[C@H]1c1nc2c(-c3ccccc3)ccnc2s1)C1CCCCC1. The van der Waals surface area contributed by atoms with Gasteiger partial charge in [-0.2, -0.15) is 0 Å². The second kappa shape index (κ2) is 12.3. The van der Waals surface area contributed by atoms with E-state index in [1.54, 1.807) is 11.3 Å². The lowest BCUT2D eigenvalue weighted by molar-refractivity contribution is -0.140. The number of rotatable bonds is 9. The smallest absolute Gasteiger partial charge is 0.246 e. The van der Waals surface area contributed by atoms with Gasteiger partial charge in [0, 0.05) is 30.8 Å². The molecule has 0 radical (unpaired) electrons. The Morgan fingerprint density at radius 2 is 1.89 bits per heavy atom. The van der Waals surface area contributed by atoms with E-state index < -0.39 is 6.04 Å². The van der Waals surface area contributed by atoms with Crippen LogP contribution < -0.4 is 5.32 Å². The quantitative estimate of drug-likeness (QED) is 0.378. The van der Waals surface area contributed by atoms with E-state index in [2.05, 4.69) is 22.4 Å². The lowest BCUT2D eigenvalue weighted by Crippen LogP contribution is -2.53. The summed E-state index contributed by atoms with van der Waals surface area (Å²) in [6.45, 7) is 2.63. The van der Waals surface area contributed by atoms with Crippen LogP contribution in [0.5, 0.6) is 0 Å². The predicted octanol–water partition coefficient (Wildman–Crippen LogP) is 5.50. The zero-order chi connectivity index (χ0) is 26.5. The molecule has 3 aromatic rings. The summed E-state index contributed by atoms with van der Waals surface area (Å²) in [6.07, 6.45) is 10.1. The van der Waals surface area contributed by atoms with Crippen molar-refractivity contribution in [3.05, 3.63) is 47.6 Å². The number of thiazole rings is 1. The molecule has 38 heavy (non-hydrogen) atoms. The minimum absolute atomic E-state index is 0.0256. The molecule has 0 bridgehead atoms. The van der Waals surface area contributed by atoms with Gasteiger partial charge in [0.05, 0.1) is 6.04 Å². The Kier molecular flexibility index (Phi) is 8.69. The highest BCUT2D eigenvalue weighted by molar-refractivity contribution is 7.18. The number of amides is 2. The van der Waals surface area contributed by atoms with Gasteiger partial charge in [0.25, 0.3) is 0 Å². The fraction of sp³-hybridized carbons (Fsp3) is 0.533. The summed E-state index contributed by atoms with van der Waals surface area (Å²) in [5.74, 6) is -0.136. The van der Waals surface area contributed by atoms with Gasteiger partial charge in [0.1, 0.15) is 21.4 Å². The van der Waals surface area contributed by atoms with E-state index in [1.165, 1.54) is 6.42 Å². The van der Waals surface area contributed by atoms with Crippen LogP contribution in [0.4, 0.5) is 0 Å². The molecule has 1 saturated heterocycles. The molecule has 0 unspecified atom stereocenters. The molecule has 0 spiro atoms. The van der Waals surface area contributed by atoms with Crippen molar-refractivity contribution < 1.29 is 14.7 Å². The minimum Gasteiger partial charge on any atom is -0.396 e. The van der Waals surface area contributed by atoms with Gasteiger partial charge in [0.15, 0.2) is 0 Å². The third-order valence-electron chi connectivity index (χ3n) is 8.15. The summed E-state index contributed by atoms with van der Waals surface area (Å²) in [5.41, 5.74) is 3.04. The number of carbonyl (C=O) groups is 2. The molecule has 2 amide bonds. The summed E-state index contributed by atoms with van der Waals surface area (Å²) < 4.78 is 0. The number of likely N-dealkylation sites (tertiary alicyclic amines) is 1. The number of aliphatic hydroxyl groups excluding tert-OH is 1. The van der Waals surface area contributed by atoms with Crippen LogP contribution in [0.3, 0.4) is 0 Å². The number of benzene rings is 1. The van der Waals surface area contributed by atoms with Gasteiger partial charge in [-0.25, -0.2) is 9.97 Å². The Labute approximate surface area is 228 Å². The minimum atomic E-state index is -0.507. The van der Waals surface area contributed by atoms with Crippen molar-refractivity contribution in [2.75, 3.05) is 13.2 Å². The molecular formula is C30H38N4O3S. The van der Waals surface area contributed by atoms with Gasteiger partial charge in [-0.1, -0.05) is 67.9 Å². The molecule has 2 fully saturated rings. The number of hydrogen-bond donors (Lipinski definition) is 2. The van der Waals surface area contributed by atoms with E-state index in [0.717, 1.165) is 65.0 Å². The Morgan fingerprint density at radius 3 is 2.66 bits per heavy atom. The van der Waals surface area contributed by atoms with Crippen molar-refractivity contribution in [2.24, 2.45) is 11.8 Å². The third-order valence-corrected chi connectivity index (χ3v) is 9.21. The highest BCUT2D eigenvalue weighted by atomic mass is 32.1. The lowest BCUT2D eigenvalue weighted by Gasteiger charge is -2.35. The number of aromatic nitrogens is 2. The van der Waals surface area contributed by atoms with Crippen LogP contribution in [0.15, 0.2) is 42.6 Å². The molecule has 8 heteroatoms. The van der Waals surface area contributed by atoms with Crippen LogP contribution in [-0.2, 0) is 9.59 Å². The molecule has 3 atom stereocenters. The predicted molar refractivity (Wildman–Crippen MR) is 151 cm³/mol. The van der Waals surface area contributed by atoms with E-state index in [1.807, 2.05) is 42.3 Å². The summed E-state index contributed by atoms with van der Waals surface area (Å²) in [5, 5.41) is 13.3. The Balaban J connectivity index is 1.40. The number of fused-ring (bicyclic) bond motifs is 1. The molecule has 3 heterocycles. The zero-order valence-electron chi connectivity index (χ0n) is 22.1. The molecule has 2 aromatic heterocycles. The molecular weight excluding hydrogens is 496 g/mol. The average molecular weight is 535 g/mol. The maximum absolute atomic E-state index is 14.1. The highest BCUT2D eigenvalue weighted by Crippen LogP contribution is 2.39. The standard InChI is InChI=1S/C30H38N4O3S/c1-20(10-9-19-35)27(36)32-25(22-13-6-3-7-14-22)30(37)34-18-8-15-24(34)28-33-26-23(16-17-31-29(26)38-28)21-11-4-2-5-12-21/h2,4-5,11-12,16-17,20,22,24-25,35H,3,6-10,13-15,18-19H2,1H3,(H,32,36)/t20-,24+,25+/m1/s1. The summed E-state index contributed by atoms with van der Waals surface area (Å²) in [4.78, 5) is 39.7. The number of carbonyl (C=O) groups excluding carboxylic acids is 2. The third kappa shape index (κ3) is 5.76. The number of hydrogen-bond acceptors (Lipinski definition) is 6. The summed E-state index contributed by atoms with van der Waals surface area (Å²) in [7, 11) is 0. The molecule has 2 aliphatic rings. The Morgan fingerprint density at radius 1 is 1.11 bits per heavy atom. The second-order valence-electron chi connectivity index (χ2n) is 10.8. The number of nitrogens with one attached hydrogen (secondary N) is 1. The first-order valence-corrected chi connectivity index (χ1v) is 14.9. The van der Waals surface area contributed by atoms with Gasteiger partial charge in [-0.15, -0.1) is 0 Å². The topological polar surface area (TPSA) is 95.4 Å². The molecule has 5 rings (SSSR count). The second-order valence-corrected chi connectivity index (χ2v) is 11.8. The summed E-state index contributed by atoms with van der Waals surface area (Å²) in [6, 6.07) is 11.6. The van der Waals surface area contributed by atoms with Crippen LogP contribution in [0.1, 0.15) is 75.8 Å². The van der Waals surface area contributed by atoms with Crippen LogP contribution in [0.25, 0.3) is 21.5 Å². The van der Waals surface area contributed by atoms with Crippen LogP contribution in [-0.4, -0.2) is 51.0 Å². The first kappa shape index (κ1) is 26.8. The zero-order valence-corrected chi connectivity index (χ0v) is 23.0. The number of aliphatic hydroxyl groups is 1. The van der Waals surface area contributed by atoms with Gasteiger partial charge in [-0.05, 0) is 56.1 Å². The van der Waals surface area contributed by atoms with E-state index in [-0.39, 0.29) is 36.3 Å². The first-order chi connectivity index (χ1) is 18.6. The van der Waals surface area contributed by atoms with Crippen molar-refractivity contribution in [2.45, 2.75) is 76.8 Å². The average Bonchev–Trinajstić information content (AvgIpc) is 3.62. The maximum atomic E-state index is 14.1. The molecule has 1 aliphatic heterocycles. The van der Waals surface area contributed by atoms with Crippen LogP contribution >= 0.6 is 11.3 Å². The van der Waals surface area contributed by atoms with Gasteiger partial charge >= 0.3 is 0 Å². The number of pyridine rings is 1. The molecule has 1 saturated carbocycles. The maximum Gasteiger partial charge on any atom is 0.246 e. The number of nitrogens with zero attached hydrogens (tertiary/aromatic N) is 3. The van der Waals surface area contributed by atoms with E-state index >= 15 is 0 Å². The molecule has 1 aromatic carbocycles. The van der Waals surface area contributed by atoms with Crippen LogP contribution in [0, 0.1) is 11.8 Å². The van der Waals surface area contributed by atoms with Crippen molar-refractivity contribution in [3.8, 4) is 11.1 Å². The van der Waals surface area contributed by atoms with Crippen molar-refractivity contribution >= 4 is 33.5 Å². The Bertz CT molecular complexity index is 1240. The van der Waals surface area contributed by atoms with Crippen molar-refractivity contribution in [1.82, 2.24) is 20.2 Å². The molecule has 2 N–H and O–H groups in total. The summed E-state index contributed by atoms with van der Waals surface area (Å²) >= 11 is 1.57. The van der Waals surface area contributed by atoms with E-state index in [0.29, 0.717) is 19.4 Å². The fourth-order valence-electron chi connectivity index (χ4n) is 5.98. The Hall–Kier alpha value is -2.84. The lowest BCUT2D eigenvalue weighted by atomic mass is 9.83. The molecule has 1 aliphatic carbocycles. The van der Waals surface area contributed by atoms with Gasteiger partial charge in [-0.3, -0.25) is 9.59 Å². The van der Waals surface area contributed by atoms with Gasteiger partial charge < -0.3 is 15.3 Å². The molecule has 7 nitrogen and oxygen atoms in total. The largest absolute Gasteiger partial charge is 0.396 e. The van der Waals surface area contributed by atoms with Gasteiger partial charge in [0.2, 0.25) is 11.8 Å². The van der Waals surface area contributed by atoms with Crippen molar-refractivity contribution in [3.63, 3.8) is 0 Å². The van der Waals surface area contributed by atoms with Crippen molar-refractivity contribution in [1.29, 1.82) is 0 Å².